The van der Waals surface area contributed by atoms with E-state index < -0.39 is 0 Å². The fourth-order valence-corrected chi connectivity index (χ4v) is 1.50. The maximum absolute atomic E-state index is 5.63. The van der Waals surface area contributed by atoms with Crippen molar-refractivity contribution in [1.29, 1.82) is 0 Å². The third-order valence-corrected chi connectivity index (χ3v) is 2.33. The summed E-state index contributed by atoms with van der Waals surface area (Å²) in [6.45, 7) is 2.94. The molecule has 0 spiro atoms. The molecule has 0 radical (unpaired) electrons. The van der Waals surface area contributed by atoms with Crippen molar-refractivity contribution in [2.45, 2.75) is 19.8 Å². The molecule has 14 heavy (non-hydrogen) atoms. The fourth-order valence-electron chi connectivity index (χ4n) is 1.11. The third-order valence-electron chi connectivity index (χ3n) is 1.91. The fraction of sp³-hybridized carbons (Fsp3) is 0.333. The number of hydrogen-bond donors (Lipinski definition) is 0. The molecule has 0 aliphatic rings. The predicted molar refractivity (Wildman–Crippen MR) is 64.2 cm³/mol. The first-order chi connectivity index (χ1) is 6.88. The normalized spacial score (nSPS) is 11.4. The van der Waals surface area contributed by atoms with E-state index in [0.717, 1.165) is 30.8 Å². The molecule has 0 amide bonds. The molecule has 0 aliphatic carbocycles. The SMILES string of the molecule is CCCCO/C(=C\Br)c1ccccc1. The Labute approximate surface area is 93.9 Å². The van der Waals surface area contributed by atoms with Gasteiger partial charge in [-0.2, -0.15) is 0 Å². The second kappa shape index (κ2) is 6.66. The molecule has 0 heterocycles. The zero-order valence-electron chi connectivity index (χ0n) is 8.37. The third kappa shape index (κ3) is 3.54. The molecule has 0 unspecified atom stereocenters. The number of hydrogen-bond acceptors (Lipinski definition) is 1. The number of halogens is 1. The Hall–Kier alpha value is -0.760. The van der Waals surface area contributed by atoms with Crippen molar-refractivity contribution in [3.8, 4) is 0 Å². The van der Waals surface area contributed by atoms with E-state index in [0.29, 0.717) is 0 Å². The summed E-state index contributed by atoms with van der Waals surface area (Å²) in [6, 6.07) is 10.1. The van der Waals surface area contributed by atoms with E-state index in [1.165, 1.54) is 0 Å². The van der Waals surface area contributed by atoms with Gasteiger partial charge in [-0.3, -0.25) is 0 Å². The van der Waals surface area contributed by atoms with Gasteiger partial charge in [0.1, 0.15) is 5.76 Å². The molecule has 0 atom stereocenters. The monoisotopic (exact) mass is 254 g/mol. The van der Waals surface area contributed by atoms with Crippen LogP contribution in [0, 0.1) is 0 Å². The first-order valence-corrected chi connectivity index (χ1v) is 5.78. The van der Waals surface area contributed by atoms with Crippen molar-refractivity contribution in [2.24, 2.45) is 0 Å². The molecule has 1 nitrogen and oxygen atoms in total. The van der Waals surface area contributed by atoms with Gasteiger partial charge in [-0.05, 0) is 6.42 Å². The Morgan fingerprint density at radius 2 is 2.07 bits per heavy atom. The van der Waals surface area contributed by atoms with Crippen molar-refractivity contribution in [3.63, 3.8) is 0 Å². The Bertz CT molecular complexity index is 280. The topological polar surface area (TPSA) is 9.23 Å². The molecular formula is C12H15BrO. The lowest BCUT2D eigenvalue weighted by atomic mass is 10.2. The van der Waals surface area contributed by atoms with Crippen LogP contribution in [0.5, 0.6) is 0 Å². The van der Waals surface area contributed by atoms with Gasteiger partial charge in [0.25, 0.3) is 0 Å². The van der Waals surface area contributed by atoms with Crippen LogP contribution in [-0.2, 0) is 4.74 Å². The quantitative estimate of drug-likeness (QED) is 0.566. The van der Waals surface area contributed by atoms with Crippen molar-refractivity contribution in [2.75, 3.05) is 6.61 Å². The summed E-state index contributed by atoms with van der Waals surface area (Å²) in [7, 11) is 0. The smallest absolute Gasteiger partial charge is 0.133 e. The van der Waals surface area contributed by atoms with E-state index in [9.17, 15) is 0 Å². The van der Waals surface area contributed by atoms with Gasteiger partial charge < -0.3 is 4.74 Å². The first-order valence-electron chi connectivity index (χ1n) is 4.87. The Morgan fingerprint density at radius 1 is 1.36 bits per heavy atom. The van der Waals surface area contributed by atoms with Crippen LogP contribution in [0.25, 0.3) is 5.76 Å². The minimum Gasteiger partial charge on any atom is -0.492 e. The minimum absolute atomic E-state index is 0.781. The highest BCUT2D eigenvalue weighted by Crippen LogP contribution is 2.17. The number of benzene rings is 1. The molecule has 0 saturated heterocycles. The zero-order chi connectivity index (χ0) is 10.2. The van der Waals surface area contributed by atoms with Gasteiger partial charge >= 0.3 is 0 Å². The van der Waals surface area contributed by atoms with E-state index in [-0.39, 0.29) is 0 Å². The molecule has 2 heteroatoms. The Kier molecular flexibility index (Phi) is 5.38. The molecule has 1 aromatic carbocycles. The minimum atomic E-state index is 0.781. The van der Waals surface area contributed by atoms with Gasteiger partial charge in [0.05, 0.1) is 6.61 Å². The lowest BCUT2D eigenvalue weighted by Gasteiger charge is -2.08. The van der Waals surface area contributed by atoms with E-state index in [2.05, 4.69) is 22.9 Å². The van der Waals surface area contributed by atoms with E-state index in [1.54, 1.807) is 0 Å². The van der Waals surface area contributed by atoms with E-state index in [4.69, 9.17) is 4.74 Å². The van der Waals surface area contributed by atoms with Crippen LogP contribution < -0.4 is 0 Å². The van der Waals surface area contributed by atoms with Gasteiger partial charge in [0, 0.05) is 10.5 Å². The molecule has 0 bridgehead atoms. The predicted octanol–water partition coefficient (Wildman–Crippen LogP) is 4.20. The van der Waals surface area contributed by atoms with Gasteiger partial charge in [0.15, 0.2) is 0 Å². The molecule has 0 aliphatic heterocycles. The average molecular weight is 255 g/mol. The summed E-state index contributed by atoms with van der Waals surface area (Å²) >= 11 is 3.32. The second-order valence-electron chi connectivity index (χ2n) is 3.04. The molecule has 0 N–H and O–H groups in total. The van der Waals surface area contributed by atoms with Crippen molar-refractivity contribution < 1.29 is 4.74 Å². The van der Waals surface area contributed by atoms with Crippen LogP contribution in [-0.4, -0.2) is 6.61 Å². The molecule has 0 aromatic heterocycles. The van der Waals surface area contributed by atoms with Crippen LogP contribution in [0.1, 0.15) is 25.3 Å². The lowest BCUT2D eigenvalue weighted by molar-refractivity contribution is 0.271. The molecule has 0 fully saturated rings. The van der Waals surface area contributed by atoms with Gasteiger partial charge in [-0.25, -0.2) is 0 Å². The Balaban J connectivity index is 2.56. The van der Waals surface area contributed by atoms with Crippen LogP contribution in [0.15, 0.2) is 35.3 Å². The summed E-state index contributed by atoms with van der Waals surface area (Å²) in [5.74, 6) is 0.902. The average Bonchev–Trinajstić information content (AvgIpc) is 2.26. The van der Waals surface area contributed by atoms with E-state index >= 15 is 0 Å². The van der Waals surface area contributed by atoms with Crippen LogP contribution in [0.2, 0.25) is 0 Å². The van der Waals surface area contributed by atoms with Crippen LogP contribution in [0.4, 0.5) is 0 Å². The van der Waals surface area contributed by atoms with E-state index in [1.807, 2.05) is 35.3 Å². The molecule has 1 aromatic rings. The van der Waals surface area contributed by atoms with Crippen LogP contribution in [0.3, 0.4) is 0 Å². The highest BCUT2D eigenvalue weighted by molar-refractivity contribution is 9.11. The maximum Gasteiger partial charge on any atom is 0.133 e. The summed E-state index contributed by atoms with van der Waals surface area (Å²) in [5, 5.41) is 0. The summed E-state index contributed by atoms with van der Waals surface area (Å²) in [4.78, 5) is 1.83. The van der Waals surface area contributed by atoms with Crippen molar-refractivity contribution in [1.82, 2.24) is 0 Å². The summed E-state index contributed by atoms with van der Waals surface area (Å²) < 4.78 is 5.63. The van der Waals surface area contributed by atoms with Gasteiger partial charge in [0.2, 0.25) is 0 Å². The highest BCUT2D eigenvalue weighted by Gasteiger charge is 1.99. The Morgan fingerprint density at radius 3 is 2.64 bits per heavy atom. The molecule has 0 saturated carbocycles. The number of rotatable bonds is 5. The second-order valence-corrected chi connectivity index (χ2v) is 3.50. The largest absolute Gasteiger partial charge is 0.492 e. The molecule has 1 rings (SSSR count). The van der Waals surface area contributed by atoms with Gasteiger partial charge in [-0.1, -0.05) is 59.6 Å². The van der Waals surface area contributed by atoms with Crippen LogP contribution >= 0.6 is 15.9 Å². The molecular weight excluding hydrogens is 240 g/mol. The number of unbranched alkanes of at least 4 members (excludes halogenated alkanes) is 1. The highest BCUT2D eigenvalue weighted by atomic mass is 79.9. The number of ether oxygens (including phenoxy) is 1. The lowest BCUT2D eigenvalue weighted by Crippen LogP contribution is -1.93. The zero-order valence-corrected chi connectivity index (χ0v) is 9.96. The van der Waals surface area contributed by atoms with Gasteiger partial charge in [-0.15, -0.1) is 0 Å². The standard InChI is InChI=1S/C12H15BrO/c1-2-3-9-14-12(10-13)11-7-5-4-6-8-11/h4-8,10H,2-3,9H2,1H3/b12-10-. The van der Waals surface area contributed by atoms with Crippen molar-refractivity contribution in [3.05, 3.63) is 40.9 Å². The summed E-state index contributed by atoms with van der Waals surface area (Å²) in [6.07, 6.45) is 2.25. The first kappa shape index (κ1) is 11.3. The van der Waals surface area contributed by atoms with Crippen molar-refractivity contribution >= 4 is 21.7 Å². The molecule has 76 valence electrons. The summed E-state index contributed by atoms with van der Waals surface area (Å²) in [5.41, 5.74) is 1.11. The maximum atomic E-state index is 5.63.